The zero-order valence-corrected chi connectivity index (χ0v) is 26.6. The van der Waals surface area contributed by atoms with Gasteiger partial charge < -0.3 is 4.90 Å². The van der Waals surface area contributed by atoms with E-state index in [-0.39, 0.29) is 6.04 Å². The Hall–Kier alpha value is -4.96. The van der Waals surface area contributed by atoms with Crippen LogP contribution in [0.1, 0.15) is 12.5 Å². The van der Waals surface area contributed by atoms with Gasteiger partial charge in [-0.1, -0.05) is 133 Å². The quantitative estimate of drug-likeness (QED) is 0.162. The zero-order valence-electron chi connectivity index (χ0n) is 24.9. The van der Waals surface area contributed by atoms with Crippen LogP contribution in [0.25, 0.3) is 57.5 Å². The van der Waals surface area contributed by atoms with Gasteiger partial charge in [-0.25, -0.2) is 0 Å². The van der Waals surface area contributed by atoms with Gasteiger partial charge in [-0.15, -0.1) is 22.7 Å². The summed E-state index contributed by atoms with van der Waals surface area (Å²) in [5, 5.41) is 5.26. The molecule has 0 spiro atoms. The van der Waals surface area contributed by atoms with Crippen LogP contribution in [0.2, 0.25) is 0 Å². The van der Waals surface area contributed by atoms with E-state index in [4.69, 9.17) is 0 Å². The van der Waals surface area contributed by atoms with Crippen LogP contribution >= 0.6 is 22.7 Å². The number of anilines is 2. The molecule has 3 heteroatoms. The molecule has 0 fully saturated rings. The fraction of sp³-hybridized carbons (Fsp3) is 0.0476. The number of allylic oxidation sites excluding steroid dienone is 2. The maximum atomic E-state index is 2.52. The van der Waals surface area contributed by atoms with Gasteiger partial charge >= 0.3 is 0 Å². The van der Waals surface area contributed by atoms with Crippen molar-refractivity contribution in [3.05, 3.63) is 163 Å². The van der Waals surface area contributed by atoms with Crippen molar-refractivity contribution in [3.8, 4) is 11.1 Å². The van der Waals surface area contributed by atoms with Gasteiger partial charge in [0.05, 0.1) is 5.69 Å². The van der Waals surface area contributed by atoms with Crippen LogP contribution in [-0.2, 0) is 0 Å². The summed E-state index contributed by atoms with van der Waals surface area (Å²) in [5.74, 6) is 0. The fourth-order valence-corrected chi connectivity index (χ4v) is 8.75. The van der Waals surface area contributed by atoms with Crippen LogP contribution < -0.4 is 4.90 Å². The lowest BCUT2D eigenvalue weighted by atomic mass is 9.99. The van der Waals surface area contributed by atoms with Crippen LogP contribution in [0.15, 0.2) is 158 Å². The van der Waals surface area contributed by atoms with E-state index in [0.717, 1.165) is 0 Å². The van der Waals surface area contributed by atoms with Crippen LogP contribution in [0, 0.1) is 0 Å². The number of thiophene rings is 2. The Morgan fingerprint density at radius 1 is 0.578 bits per heavy atom. The molecular weight excluding hydrogens is 583 g/mol. The third kappa shape index (κ3) is 5.14. The highest BCUT2D eigenvalue weighted by atomic mass is 32.1. The van der Waals surface area contributed by atoms with Crippen molar-refractivity contribution in [1.82, 2.24) is 0 Å². The number of nitrogens with zero attached hydrogens (tertiary/aromatic N) is 1. The van der Waals surface area contributed by atoms with Crippen molar-refractivity contribution < 1.29 is 0 Å². The summed E-state index contributed by atoms with van der Waals surface area (Å²) in [6, 6.07) is 50.6. The first-order valence-electron chi connectivity index (χ1n) is 15.3. The topological polar surface area (TPSA) is 3.24 Å². The van der Waals surface area contributed by atoms with Gasteiger partial charge in [0, 0.05) is 52.1 Å². The number of fused-ring (bicyclic) bond motifs is 6. The van der Waals surface area contributed by atoms with Crippen LogP contribution in [0.4, 0.5) is 11.4 Å². The van der Waals surface area contributed by atoms with Gasteiger partial charge in [0.1, 0.15) is 0 Å². The molecule has 2 heterocycles. The zero-order chi connectivity index (χ0) is 30.2. The van der Waals surface area contributed by atoms with Crippen molar-refractivity contribution in [2.45, 2.75) is 13.0 Å². The van der Waals surface area contributed by atoms with Crippen molar-refractivity contribution in [2.75, 3.05) is 4.90 Å². The number of hydrogen-bond acceptors (Lipinski definition) is 3. The summed E-state index contributed by atoms with van der Waals surface area (Å²) < 4.78 is 5.28. The molecule has 0 aliphatic heterocycles. The third-order valence-electron chi connectivity index (χ3n) is 8.49. The molecule has 0 aliphatic carbocycles. The molecule has 0 radical (unpaired) electrons. The Morgan fingerprint density at radius 2 is 1.24 bits per heavy atom. The largest absolute Gasteiger partial charge is 0.334 e. The average molecular weight is 614 g/mol. The lowest BCUT2D eigenvalue weighted by molar-refractivity contribution is 0.869. The first-order valence-corrected chi connectivity index (χ1v) is 17.0. The Bertz CT molecular complexity index is 2340. The maximum Gasteiger partial charge on any atom is 0.0511 e. The fourth-order valence-electron chi connectivity index (χ4n) is 6.36. The average Bonchev–Trinajstić information content (AvgIpc) is 3.66. The second-order valence-corrected chi connectivity index (χ2v) is 13.5. The SMILES string of the molecule is CC(/C=C\C=C\c1ccccc1)N(c1ccc2c(c1)sc1ccccc12)c1ccc(-c2ccccc2)c2sc3ccccc3c12. The summed E-state index contributed by atoms with van der Waals surface area (Å²) in [6.45, 7) is 2.30. The molecule has 1 atom stereocenters. The summed E-state index contributed by atoms with van der Waals surface area (Å²) in [6.07, 6.45) is 8.80. The van der Waals surface area contributed by atoms with Crippen molar-refractivity contribution in [3.63, 3.8) is 0 Å². The van der Waals surface area contributed by atoms with Gasteiger partial charge in [0.2, 0.25) is 0 Å². The van der Waals surface area contributed by atoms with E-state index in [2.05, 4.69) is 176 Å². The highest BCUT2D eigenvalue weighted by molar-refractivity contribution is 7.26. The van der Waals surface area contributed by atoms with E-state index in [1.807, 2.05) is 22.7 Å². The molecule has 2 aromatic heterocycles. The maximum absolute atomic E-state index is 2.52. The lowest BCUT2D eigenvalue weighted by Crippen LogP contribution is -2.26. The van der Waals surface area contributed by atoms with Gasteiger partial charge in [-0.2, -0.15) is 0 Å². The number of hydrogen-bond donors (Lipinski definition) is 0. The molecule has 0 bridgehead atoms. The summed E-state index contributed by atoms with van der Waals surface area (Å²) in [4.78, 5) is 2.52. The molecule has 0 amide bonds. The molecule has 0 aliphatic rings. The molecule has 1 nitrogen and oxygen atoms in total. The predicted molar refractivity (Wildman–Crippen MR) is 200 cm³/mol. The van der Waals surface area contributed by atoms with Gasteiger partial charge in [0.15, 0.2) is 0 Å². The minimum Gasteiger partial charge on any atom is -0.334 e. The molecule has 45 heavy (non-hydrogen) atoms. The minimum absolute atomic E-state index is 0.0988. The van der Waals surface area contributed by atoms with E-state index in [9.17, 15) is 0 Å². The van der Waals surface area contributed by atoms with Gasteiger partial charge in [-0.05, 0) is 53.9 Å². The van der Waals surface area contributed by atoms with Crippen molar-refractivity contribution in [1.29, 1.82) is 0 Å². The van der Waals surface area contributed by atoms with Gasteiger partial charge in [0.25, 0.3) is 0 Å². The number of benzene rings is 6. The van der Waals surface area contributed by atoms with Gasteiger partial charge in [-0.3, -0.25) is 0 Å². The second kappa shape index (κ2) is 11.9. The van der Waals surface area contributed by atoms with Crippen LogP contribution in [-0.4, -0.2) is 6.04 Å². The Labute approximate surface area is 271 Å². The summed E-state index contributed by atoms with van der Waals surface area (Å²) in [5.41, 5.74) is 6.15. The monoisotopic (exact) mass is 613 g/mol. The first-order chi connectivity index (χ1) is 22.2. The van der Waals surface area contributed by atoms with Crippen molar-refractivity contribution >= 4 is 80.5 Å². The molecule has 0 N–H and O–H groups in total. The predicted octanol–water partition coefficient (Wildman–Crippen LogP) is 12.9. The normalized spacial score (nSPS) is 12.7. The van der Waals surface area contributed by atoms with Crippen LogP contribution in [0.5, 0.6) is 0 Å². The number of rotatable bonds is 7. The molecular formula is C42H31NS2. The summed E-state index contributed by atoms with van der Waals surface area (Å²) in [7, 11) is 0. The molecule has 0 saturated carbocycles. The van der Waals surface area contributed by atoms with E-state index in [1.165, 1.54) is 68.4 Å². The molecule has 1 unspecified atom stereocenters. The van der Waals surface area contributed by atoms with Crippen LogP contribution in [0.3, 0.4) is 0 Å². The highest BCUT2D eigenvalue weighted by Crippen LogP contribution is 2.47. The Morgan fingerprint density at radius 3 is 2.04 bits per heavy atom. The van der Waals surface area contributed by atoms with E-state index in [0.29, 0.717) is 0 Å². The molecule has 6 aromatic carbocycles. The smallest absolute Gasteiger partial charge is 0.0511 e. The Balaban J connectivity index is 1.32. The lowest BCUT2D eigenvalue weighted by Gasteiger charge is -2.31. The summed E-state index contributed by atoms with van der Waals surface area (Å²) >= 11 is 3.77. The molecule has 8 rings (SSSR count). The van der Waals surface area contributed by atoms with Crippen molar-refractivity contribution in [2.24, 2.45) is 0 Å². The Kier molecular flexibility index (Phi) is 7.26. The molecule has 8 aromatic rings. The second-order valence-electron chi connectivity index (χ2n) is 11.3. The van der Waals surface area contributed by atoms with E-state index in [1.54, 1.807) is 0 Å². The minimum atomic E-state index is 0.0988. The molecule has 216 valence electrons. The third-order valence-corrected chi connectivity index (χ3v) is 10.8. The molecule has 0 saturated heterocycles. The first kappa shape index (κ1) is 27.6. The highest BCUT2D eigenvalue weighted by Gasteiger charge is 2.22. The standard InChI is InChI=1S/C42H31NS2/c1-29(14-8-9-17-30-15-4-2-5-16-30)43(32-24-25-35-34-20-10-12-22-38(34)44-40(35)28-32)37-27-26-33(31-18-6-3-7-19-31)42-41(37)36-21-11-13-23-39(36)45-42/h2-29H,1H3/b14-8-,17-9+. The van der Waals surface area contributed by atoms with E-state index >= 15 is 0 Å². The van der Waals surface area contributed by atoms with E-state index < -0.39 is 0 Å².